The van der Waals surface area contributed by atoms with E-state index in [1.807, 2.05) is 0 Å². The highest BCUT2D eigenvalue weighted by atomic mass is 19.2. The van der Waals surface area contributed by atoms with E-state index in [0.29, 0.717) is 0 Å². The highest BCUT2D eigenvalue weighted by Crippen LogP contribution is 2.22. The molecular weight excluding hydrogens is 190 g/mol. The van der Waals surface area contributed by atoms with Gasteiger partial charge in [0.25, 0.3) is 0 Å². The number of ether oxygens (including phenoxy) is 2. The van der Waals surface area contributed by atoms with E-state index in [-0.39, 0.29) is 0 Å². The van der Waals surface area contributed by atoms with Crippen LogP contribution in [0.5, 0.6) is 0 Å². The van der Waals surface area contributed by atoms with E-state index in [9.17, 15) is 8.78 Å². The van der Waals surface area contributed by atoms with Crippen molar-refractivity contribution in [3.63, 3.8) is 0 Å². The Morgan fingerprint density at radius 2 is 0.929 bits per heavy atom. The third-order valence-electron chi connectivity index (χ3n) is 0.946. The molecule has 2 nitrogen and oxygen atoms in total. The van der Waals surface area contributed by atoms with Crippen LogP contribution in [-0.2, 0) is 9.47 Å². The number of halogens is 2. The predicted octanol–water partition coefficient (Wildman–Crippen LogP) is 3.68. The molecule has 0 aliphatic carbocycles. The van der Waals surface area contributed by atoms with E-state index in [4.69, 9.17) is 0 Å². The average molecular weight is 208 g/mol. The van der Waals surface area contributed by atoms with Gasteiger partial charge in [-0.1, -0.05) is 0 Å². The zero-order valence-electron chi connectivity index (χ0n) is 9.57. The average Bonchev–Trinajstić information content (AvgIpc) is 1.78. The molecule has 0 aliphatic heterocycles. The van der Waals surface area contributed by atoms with Crippen molar-refractivity contribution in [1.82, 2.24) is 0 Å². The molecule has 0 unspecified atom stereocenters. The van der Waals surface area contributed by atoms with Crippen LogP contribution in [0, 0.1) is 0 Å². The summed E-state index contributed by atoms with van der Waals surface area (Å²) in [6.07, 6.45) is 0. The van der Waals surface area contributed by atoms with Gasteiger partial charge in [-0.25, -0.2) is 0 Å². The highest BCUT2D eigenvalue weighted by Gasteiger charge is 2.22. The van der Waals surface area contributed by atoms with E-state index >= 15 is 0 Å². The normalized spacial score (nSPS) is 14.9. The predicted molar refractivity (Wildman–Crippen MR) is 50.9 cm³/mol. The Bertz CT molecular complexity index is 197. The zero-order valence-corrected chi connectivity index (χ0v) is 9.57. The van der Waals surface area contributed by atoms with E-state index in [2.05, 4.69) is 9.47 Å². The van der Waals surface area contributed by atoms with E-state index in [1.54, 1.807) is 41.5 Å². The summed E-state index contributed by atoms with van der Waals surface area (Å²) < 4.78 is 35.3. The maximum Gasteiger partial charge on any atom is 0.347 e. The Kier molecular flexibility index (Phi) is 3.91. The minimum Gasteiger partial charge on any atom is -0.461 e. The fourth-order valence-electron chi connectivity index (χ4n) is 0.618. The topological polar surface area (TPSA) is 18.5 Å². The first-order chi connectivity index (χ1) is 6.01. The largest absolute Gasteiger partial charge is 0.461 e. The summed E-state index contributed by atoms with van der Waals surface area (Å²) in [4.78, 5) is 0. The fourth-order valence-corrected chi connectivity index (χ4v) is 0.618. The first kappa shape index (κ1) is 13.2. The second kappa shape index (κ2) is 4.15. The Balaban J connectivity index is 4.45. The summed E-state index contributed by atoms with van der Waals surface area (Å²) in [7, 11) is 0. The van der Waals surface area contributed by atoms with Crippen LogP contribution in [0.15, 0.2) is 12.0 Å². The summed E-state index contributed by atoms with van der Waals surface area (Å²) in [5.74, 6) is 0. The molecule has 0 saturated carbocycles. The Labute approximate surface area is 83.9 Å². The van der Waals surface area contributed by atoms with Gasteiger partial charge in [-0.05, 0) is 41.5 Å². The Hall–Kier alpha value is -0.800. The van der Waals surface area contributed by atoms with Gasteiger partial charge in [0.1, 0.15) is 11.2 Å². The van der Waals surface area contributed by atoms with Crippen molar-refractivity contribution in [3.05, 3.63) is 12.0 Å². The lowest BCUT2D eigenvalue weighted by Gasteiger charge is -2.22. The second-order valence-corrected chi connectivity index (χ2v) is 4.98. The maximum atomic E-state index is 13.0. The van der Waals surface area contributed by atoms with Gasteiger partial charge < -0.3 is 9.47 Å². The molecule has 0 atom stereocenters. The molecule has 0 aliphatic rings. The zero-order chi connectivity index (χ0) is 11.6. The molecule has 0 heterocycles. The summed E-state index contributed by atoms with van der Waals surface area (Å²) in [5, 5.41) is 0. The highest BCUT2D eigenvalue weighted by molar-refractivity contribution is 4.87. The van der Waals surface area contributed by atoms with Crippen LogP contribution in [-0.4, -0.2) is 11.2 Å². The second-order valence-electron chi connectivity index (χ2n) is 4.98. The van der Waals surface area contributed by atoms with Crippen molar-refractivity contribution in [2.45, 2.75) is 52.7 Å². The van der Waals surface area contributed by atoms with Crippen molar-refractivity contribution in [3.8, 4) is 0 Å². The molecule has 0 rings (SSSR count). The molecule has 0 amide bonds. The van der Waals surface area contributed by atoms with Crippen LogP contribution in [0.3, 0.4) is 0 Å². The van der Waals surface area contributed by atoms with Gasteiger partial charge in [0.05, 0.1) is 0 Å². The van der Waals surface area contributed by atoms with Crippen molar-refractivity contribution in [2.24, 2.45) is 0 Å². The quantitative estimate of drug-likeness (QED) is 0.644. The first-order valence-corrected chi connectivity index (χ1v) is 4.44. The van der Waals surface area contributed by atoms with Gasteiger partial charge >= 0.3 is 12.0 Å². The molecule has 0 saturated heterocycles. The van der Waals surface area contributed by atoms with Crippen LogP contribution in [0.4, 0.5) is 8.78 Å². The van der Waals surface area contributed by atoms with Crippen LogP contribution in [0.25, 0.3) is 0 Å². The smallest absolute Gasteiger partial charge is 0.347 e. The van der Waals surface area contributed by atoms with Crippen LogP contribution in [0.2, 0.25) is 0 Å². The summed E-state index contributed by atoms with van der Waals surface area (Å²) in [6, 6.07) is -2.63. The minimum absolute atomic E-state index is 0.775. The molecule has 0 spiro atoms. The summed E-state index contributed by atoms with van der Waals surface area (Å²) in [6.45, 7) is 9.73. The molecule has 84 valence electrons. The lowest BCUT2D eigenvalue weighted by molar-refractivity contribution is -0.0439. The minimum atomic E-state index is -1.31. The van der Waals surface area contributed by atoms with Crippen molar-refractivity contribution < 1.29 is 18.3 Å². The van der Waals surface area contributed by atoms with Gasteiger partial charge in [0.2, 0.25) is 0 Å². The molecular formula is C10H18F2O2. The molecule has 0 aromatic rings. The van der Waals surface area contributed by atoms with Gasteiger partial charge in [0.15, 0.2) is 0 Å². The van der Waals surface area contributed by atoms with Gasteiger partial charge in [0, 0.05) is 0 Å². The van der Waals surface area contributed by atoms with Crippen LogP contribution >= 0.6 is 0 Å². The molecule has 0 aromatic carbocycles. The Morgan fingerprint density at radius 3 is 1.07 bits per heavy atom. The molecule has 4 heteroatoms. The molecule has 0 bridgehead atoms. The fraction of sp³-hybridized carbons (Fsp3) is 0.800. The van der Waals surface area contributed by atoms with E-state index in [1.165, 1.54) is 0 Å². The van der Waals surface area contributed by atoms with E-state index in [0.717, 1.165) is 0 Å². The molecule has 0 N–H and O–H groups in total. The van der Waals surface area contributed by atoms with Gasteiger partial charge in [-0.15, -0.1) is 0 Å². The first-order valence-electron chi connectivity index (χ1n) is 4.44. The molecule has 14 heavy (non-hydrogen) atoms. The third-order valence-corrected chi connectivity index (χ3v) is 0.946. The maximum absolute atomic E-state index is 13.0. The van der Waals surface area contributed by atoms with Crippen LogP contribution < -0.4 is 0 Å². The van der Waals surface area contributed by atoms with Crippen LogP contribution in [0.1, 0.15) is 41.5 Å². The van der Waals surface area contributed by atoms with E-state index < -0.39 is 23.2 Å². The number of hydrogen-bond acceptors (Lipinski definition) is 2. The number of rotatable bonds is 2. The third kappa shape index (κ3) is 6.69. The molecule has 0 radical (unpaired) electrons. The number of hydrogen-bond donors (Lipinski definition) is 0. The lowest BCUT2D eigenvalue weighted by atomic mass is 10.2. The summed E-state index contributed by atoms with van der Waals surface area (Å²) >= 11 is 0. The lowest BCUT2D eigenvalue weighted by Crippen LogP contribution is -2.21. The van der Waals surface area contributed by atoms with Crippen molar-refractivity contribution >= 4 is 0 Å². The van der Waals surface area contributed by atoms with Gasteiger partial charge in [-0.3, -0.25) is 0 Å². The monoisotopic (exact) mass is 208 g/mol. The van der Waals surface area contributed by atoms with Crippen molar-refractivity contribution in [1.29, 1.82) is 0 Å². The van der Waals surface area contributed by atoms with Gasteiger partial charge in [-0.2, -0.15) is 8.78 Å². The SMILES string of the molecule is CC(C)(C)O/C(F)=C(\F)OC(C)(C)C. The molecule has 0 fully saturated rings. The van der Waals surface area contributed by atoms with Crippen molar-refractivity contribution in [2.75, 3.05) is 0 Å². The summed E-state index contributed by atoms with van der Waals surface area (Å²) in [5.41, 5.74) is -1.55. The Morgan fingerprint density at radius 1 is 0.714 bits per heavy atom. The standard InChI is InChI=1S/C10H18F2O2/c1-9(2,3)13-7(11)8(12)14-10(4,5)6/h1-6H3/b8-7+. The molecule has 0 aromatic heterocycles.